The predicted molar refractivity (Wildman–Crippen MR) is 159 cm³/mol. The van der Waals surface area contributed by atoms with Gasteiger partial charge in [-0.1, -0.05) is 43.3 Å². The summed E-state index contributed by atoms with van der Waals surface area (Å²) in [6.07, 6.45) is 1.39. The Labute approximate surface area is 262 Å². The molecule has 16 heteroatoms. The van der Waals surface area contributed by atoms with Gasteiger partial charge in [0.15, 0.2) is 5.70 Å². The number of carbonyl (C=O) groups is 2. The van der Waals surface area contributed by atoms with Crippen LogP contribution in [0.3, 0.4) is 0 Å². The first-order valence-electron chi connectivity index (χ1n) is 14.1. The van der Waals surface area contributed by atoms with Crippen LogP contribution in [0.4, 0.5) is 5.69 Å². The minimum absolute atomic E-state index is 0.117. The number of tetrazole rings is 1. The second-order valence-corrected chi connectivity index (χ2v) is 12.0. The average molecular weight is 647 g/mol. The minimum atomic E-state index is -4.56. The fourth-order valence-corrected chi connectivity index (χ4v) is 6.85. The highest BCUT2D eigenvalue weighted by molar-refractivity contribution is 7.49. The second kappa shape index (κ2) is 12.4. The lowest BCUT2D eigenvalue weighted by molar-refractivity contribution is -0.384. The van der Waals surface area contributed by atoms with Crippen molar-refractivity contribution in [2.24, 2.45) is 11.8 Å². The number of nitrogens with zero attached hydrogens (tertiary/aromatic N) is 6. The first-order valence-corrected chi connectivity index (χ1v) is 15.6. The molecule has 0 N–H and O–H groups in total. The number of ether oxygens (including phenoxy) is 1. The normalized spacial score (nSPS) is 19.6. The SMILES string of the molecule is C[C@H]([C@H]1C(=O)N2C(C(=O)OCc3ccc([N+](=O)[O-])cc3)=C(OP(=O)(Oc3ccccc3)Oc3ccccc3)[C@H](C)[C@H]12)n1cnnn1. The molecule has 4 aromatic rings. The van der Waals surface area contributed by atoms with Crippen LogP contribution >= 0.6 is 7.82 Å². The molecule has 6 rings (SSSR count). The van der Waals surface area contributed by atoms with Gasteiger partial charge >= 0.3 is 13.8 Å². The molecule has 236 valence electrons. The zero-order chi connectivity index (χ0) is 32.4. The lowest BCUT2D eigenvalue weighted by Gasteiger charge is -2.47. The maximum absolute atomic E-state index is 14.4. The lowest BCUT2D eigenvalue weighted by atomic mass is 9.78. The molecule has 1 aromatic heterocycles. The summed E-state index contributed by atoms with van der Waals surface area (Å²) in [6, 6.07) is 20.8. The van der Waals surface area contributed by atoms with Crippen LogP contribution < -0.4 is 9.05 Å². The van der Waals surface area contributed by atoms with Crippen LogP contribution in [0.5, 0.6) is 11.5 Å². The highest BCUT2D eigenvalue weighted by Gasteiger charge is 2.62. The van der Waals surface area contributed by atoms with E-state index < -0.39 is 48.5 Å². The molecule has 46 heavy (non-hydrogen) atoms. The Morgan fingerprint density at radius 1 is 0.978 bits per heavy atom. The van der Waals surface area contributed by atoms with E-state index in [0.29, 0.717) is 5.56 Å². The maximum Gasteiger partial charge on any atom is 0.646 e. The standard InChI is InChI=1S/C30H27N6O9P/c1-19-26-25(20(2)34-18-31-32-33-34)29(37)35(26)27(30(38)42-17-21-13-15-22(16-14-21)36(39)40)28(19)45-46(41,43-23-9-5-3-6-10-23)44-24-11-7-4-8-12-24/h3-16,18-20,25-26H,17H2,1-2H3/t19-,20-,25-,26-/m1/s1. The Balaban J connectivity index is 1.34. The summed E-state index contributed by atoms with van der Waals surface area (Å²) in [5.41, 5.74) is 0.0933. The van der Waals surface area contributed by atoms with Crippen LogP contribution in [0.2, 0.25) is 0 Å². The molecule has 1 fully saturated rings. The number of nitro benzene ring substituents is 1. The van der Waals surface area contributed by atoms with Crippen LogP contribution in [0.15, 0.2) is 103 Å². The van der Waals surface area contributed by atoms with Gasteiger partial charge in [-0.3, -0.25) is 19.8 Å². The number of β-lactam (4-membered cyclic amide) rings is 1. The van der Waals surface area contributed by atoms with Crippen molar-refractivity contribution >= 4 is 25.4 Å². The van der Waals surface area contributed by atoms with E-state index in [1.165, 1.54) is 40.2 Å². The van der Waals surface area contributed by atoms with E-state index in [-0.39, 0.29) is 35.2 Å². The lowest BCUT2D eigenvalue weighted by Crippen LogP contribution is -2.62. The number of rotatable bonds is 12. The Morgan fingerprint density at radius 3 is 2.13 bits per heavy atom. The molecule has 1 amide bonds. The smallest absolute Gasteiger partial charge is 0.456 e. The number of para-hydroxylation sites is 2. The first kappa shape index (κ1) is 30.5. The summed E-state index contributed by atoms with van der Waals surface area (Å²) in [5.74, 6) is -2.44. The molecular weight excluding hydrogens is 619 g/mol. The van der Waals surface area contributed by atoms with E-state index in [4.69, 9.17) is 18.3 Å². The van der Waals surface area contributed by atoms with Crippen molar-refractivity contribution in [1.82, 2.24) is 25.1 Å². The van der Waals surface area contributed by atoms with Crippen LogP contribution in [-0.2, 0) is 30.0 Å². The number of esters is 1. The van der Waals surface area contributed by atoms with Gasteiger partial charge in [0.2, 0.25) is 5.91 Å². The van der Waals surface area contributed by atoms with Crippen LogP contribution in [0, 0.1) is 22.0 Å². The Bertz CT molecular complexity index is 1780. The van der Waals surface area contributed by atoms with Crippen molar-refractivity contribution in [2.75, 3.05) is 0 Å². The van der Waals surface area contributed by atoms with Gasteiger partial charge in [-0.2, -0.15) is 4.57 Å². The van der Waals surface area contributed by atoms with Crippen molar-refractivity contribution in [2.45, 2.75) is 32.5 Å². The molecule has 1 saturated heterocycles. The van der Waals surface area contributed by atoms with Gasteiger partial charge < -0.3 is 18.3 Å². The molecule has 0 saturated carbocycles. The van der Waals surface area contributed by atoms with E-state index >= 15 is 0 Å². The van der Waals surface area contributed by atoms with E-state index in [1.807, 2.05) is 0 Å². The number of fused-ring (bicyclic) bond motifs is 1. The first-order chi connectivity index (χ1) is 22.1. The van der Waals surface area contributed by atoms with Gasteiger partial charge in [-0.15, -0.1) is 5.10 Å². The predicted octanol–water partition coefficient (Wildman–Crippen LogP) is 4.86. The molecule has 0 radical (unpaired) electrons. The molecule has 0 unspecified atom stereocenters. The third kappa shape index (κ3) is 5.92. The van der Waals surface area contributed by atoms with Crippen molar-refractivity contribution in [1.29, 1.82) is 0 Å². The number of phosphoric acid groups is 1. The van der Waals surface area contributed by atoms with E-state index in [0.717, 1.165) is 0 Å². The van der Waals surface area contributed by atoms with Crippen LogP contribution in [0.25, 0.3) is 0 Å². The number of hydrogen-bond acceptors (Lipinski definition) is 12. The number of non-ortho nitro benzene ring substituents is 1. The molecule has 2 aliphatic heterocycles. The van der Waals surface area contributed by atoms with Gasteiger partial charge in [0.1, 0.15) is 30.2 Å². The van der Waals surface area contributed by atoms with Gasteiger partial charge in [-0.05, 0) is 59.3 Å². The monoisotopic (exact) mass is 646 g/mol. The Morgan fingerprint density at radius 2 is 1.59 bits per heavy atom. The molecule has 3 heterocycles. The van der Waals surface area contributed by atoms with Crippen molar-refractivity contribution in [3.8, 4) is 11.5 Å². The number of benzene rings is 3. The molecular formula is C30H27N6O9P. The quantitative estimate of drug-likeness (QED) is 0.0672. The second-order valence-electron chi connectivity index (χ2n) is 10.6. The molecule has 3 aromatic carbocycles. The number of amides is 1. The summed E-state index contributed by atoms with van der Waals surface area (Å²) in [4.78, 5) is 39.1. The largest absolute Gasteiger partial charge is 0.646 e. The third-order valence-electron chi connectivity index (χ3n) is 7.73. The van der Waals surface area contributed by atoms with E-state index in [9.17, 15) is 24.3 Å². The topological polar surface area (TPSA) is 178 Å². The fourth-order valence-electron chi connectivity index (χ4n) is 5.48. The number of carbonyl (C=O) groups excluding carboxylic acids is 2. The van der Waals surface area contributed by atoms with Gasteiger partial charge in [-0.25, -0.2) is 9.48 Å². The Kier molecular flexibility index (Phi) is 8.24. The summed E-state index contributed by atoms with van der Waals surface area (Å²) in [5, 5.41) is 22.3. The van der Waals surface area contributed by atoms with Crippen LogP contribution in [0.1, 0.15) is 25.5 Å². The van der Waals surface area contributed by atoms with E-state index in [1.54, 1.807) is 74.5 Å². The maximum atomic E-state index is 14.4. The zero-order valence-corrected chi connectivity index (χ0v) is 25.4. The number of phosphoric ester groups is 1. The van der Waals surface area contributed by atoms with Crippen molar-refractivity contribution in [3.05, 3.63) is 118 Å². The minimum Gasteiger partial charge on any atom is -0.456 e. The fraction of sp³-hybridized carbons (Fsp3) is 0.233. The average Bonchev–Trinajstić information content (AvgIpc) is 3.67. The highest BCUT2D eigenvalue weighted by Crippen LogP contribution is 2.57. The van der Waals surface area contributed by atoms with Gasteiger partial charge in [0, 0.05) is 18.1 Å². The zero-order valence-electron chi connectivity index (χ0n) is 24.5. The molecule has 0 bridgehead atoms. The summed E-state index contributed by atoms with van der Waals surface area (Å²) in [7, 11) is -4.56. The third-order valence-corrected chi connectivity index (χ3v) is 9.02. The molecule has 15 nitrogen and oxygen atoms in total. The molecule has 0 spiro atoms. The molecule has 4 atom stereocenters. The molecule has 2 aliphatic rings. The number of aromatic nitrogens is 4. The van der Waals surface area contributed by atoms with Gasteiger partial charge in [0.25, 0.3) is 5.69 Å². The van der Waals surface area contributed by atoms with Crippen molar-refractivity contribution < 1.29 is 37.4 Å². The van der Waals surface area contributed by atoms with Crippen molar-refractivity contribution in [3.63, 3.8) is 0 Å². The summed E-state index contributed by atoms with van der Waals surface area (Å²) in [6.45, 7) is 3.24. The summed E-state index contributed by atoms with van der Waals surface area (Å²) < 4.78 is 39.0. The van der Waals surface area contributed by atoms with Gasteiger partial charge in [0.05, 0.1) is 22.9 Å². The number of nitro groups is 1. The summed E-state index contributed by atoms with van der Waals surface area (Å²) >= 11 is 0. The number of hydrogen-bond donors (Lipinski definition) is 0. The molecule has 0 aliphatic carbocycles. The van der Waals surface area contributed by atoms with Crippen LogP contribution in [-0.4, -0.2) is 47.9 Å². The Hall–Kier alpha value is -5.56. The highest BCUT2D eigenvalue weighted by atomic mass is 31.2. The van der Waals surface area contributed by atoms with E-state index in [2.05, 4.69) is 15.5 Å².